The van der Waals surface area contributed by atoms with Crippen molar-refractivity contribution < 1.29 is 5.11 Å². The summed E-state index contributed by atoms with van der Waals surface area (Å²) in [5.74, 6) is 0.461. The Morgan fingerprint density at radius 2 is 2.50 bits per heavy atom. The Balaban J connectivity index is 2.94. The highest BCUT2D eigenvalue weighted by atomic mass is 35.5. The molecular formula is C6H5ClO. The molecule has 0 aliphatic rings. The van der Waals surface area contributed by atoms with Crippen molar-refractivity contribution in [1.29, 1.82) is 1.43 Å². The highest BCUT2D eigenvalue weighted by molar-refractivity contribution is 6.30. The lowest BCUT2D eigenvalue weighted by Crippen LogP contribution is -1.61. The van der Waals surface area contributed by atoms with E-state index in [2.05, 4.69) is 5.11 Å². The van der Waals surface area contributed by atoms with Crippen molar-refractivity contribution in [2.45, 2.75) is 0 Å². The van der Waals surface area contributed by atoms with Crippen LogP contribution < -0.4 is 0 Å². The lowest BCUT2D eigenvalue weighted by molar-refractivity contribution is 0.475. The number of benzene rings is 1. The number of halogens is 1. The van der Waals surface area contributed by atoms with Crippen molar-refractivity contribution in [3.63, 3.8) is 0 Å². The fraction of sp³-hybridized carbons (Fsp3) is 0. The normalized spacial score (nSPS) is 10.4. The molecule has 1 rings (SSSR count). The van der Waals surface area contributed by atoms with Crippen LogP contribution in [0.4, 0.5) is 0 Å². The van der Waals surface area contributed by atoms with Gasteiger partial charge >= 0.3 is 0 Å². The van der Waals surface area contributed by atoms with Gasteiger partial charge < -0.3 is 5.11 Å². The summed E-state index contributed by atoms with van der Waals surface area (Å²) >= 11 is 5.56. The number of aromatic hydroxyl groups is 1. The molecule has 1 aromatic carbocycles. The predicted molar refractivity (Wildman–Crippen MR) is 33.1 cm³/mol. The van der Waals surface area contributed by atoms with Gasteiger partial charge in [0.05, 0.1) is 0 Å². The monoisotopic (exact) mass is 129 g/mol. The zero-order valence-electron chi connectivity index (χ0n) is 5.10. The summed E-state index contributed by atoms with van der Waals surface area (Å²) in [5.41, 5.74) is 0. The molecule has 8 heavy (non-hydrogen) atoms. The molecule has 42 valence electrons. The van der Waals surface area contributed by atoms with E-state index >= 15 is 0 Å². The number of phenols is 1. The van der Waals surface area contributed by atoms with Crippen molar-refractivity contribution in [3.8, 4) is 5.75 Å². The van der Waals surface area contributed by atoms with Gasteiger partial charge in [-0.15, -0.1) is 0 Å². The van der Waals surface area contributed by atoms with Crippen LogP contribution >= 0.6 is 11.6 Å². The fourth-order valence-electron chi connectivity index (χ4n) is 0.467. The Morgan fingerprint density at radius 3 is 3.00 bits per heavy atom. The maximum absolute atomic E-state index is 6.48. The van der Waals surface area contributed by atoms with Gasteiger partial charge in [-0.2, -0.15) is 0 Å². The van der Waals surface area contributed by atoms with E-state index in [-0.39, 0.29) is 0 Å². The first-order valence-corrected chi connectivity index (χ1v) is 2.59. The molecule has 0 saturated heterocycles. The van der Waals surface area contributed by atoms with Crippen molar-refractivity contribution >= 4 is 11.6 Å². The molecule has 0 amide bonds. The second-order valence-electron chi connectivity index (χ2n) is 1.46. The highest BCUT2D eigenvalue weighted by Gasteiger charge is 1.85. The van der Waals surface area contributed by atoms with Crippen LogP contribution in [0.25, 0.3) is 0 Å². The predicted octanol–water partition coefficient (Wildman–Crippen LogP) is 2.05. The maximum Gasteiger partial charge on any atom is 0.293 e. The van der Waals surface area contributed by atoms with E-state index in [1.807, 2.05) is 0 Å². The molecule has 0 aromatic heterocycles. The van der Waals surface area contributed by atoms with Crippen LogP contribution in [0.3, 0.4) is 0 Å². The van der Waals surface area contributed by atoms with Gasteiger partial charge in [-0.1, -0.05) is 17.7 Å². The zero-order valence-corrected chi connectivity index (χ0v) is 4.85. The Kier molecular flexibility index (Phi) is 1.08. The average Bonchev–Trinajstić information content (AvgIpc) is 1.88. The smallest absolute Gasteiger partial charge is 0.293 e. The highest BCUT2D eigenvalue weighted by Crippen LogP contribution is 2.14. The third-order valence-corrected chi connectivity index (χ3v) is 1.03. The topological polar surface area (TPSA) is 20.2 Å². The summed E-state index contributed by atoms with van der Waals surface area (Å²) in [6.45, 7) is 0. The minimum Gasteiger partial charge on any atom is -0.508 e. The molecule has 0 saturated carbocycles. The Labute approximate surface area is 54.0 Å². The minimum absolute atomic E-state index is 0.461. The van der Waals surface area contributed by atoms with Crippen LogP contribution in [-0.4, -0.2) is 6.54 Å². The summed E-state index contributed by atoms with van der Waals surface area (Å²) in [6, 6.07) is 6.70. The van der Waals surface area contributed by atoms with Crippen LogP contribution in [0, 0.1) is 0 Å². The van der Waals surface area contributed by atoms with Gasteiger partial charge in [0.15, 0.2) is 0 Å². The first-order valence-electron chi connectivity index (χ1n) is 2.62. The molecule has 0 bridgehead atoms. The van der Waals surface area contributed by atoms with Gasteiger partial charge in [-0.25, -0.2) is 0 Å². The number of hydrogen-bond donors (Lipinski definition) is 1. The minimum atomic E-state index is 0.461. The summed E-state index contributed by atoms with van der Waals surface area (Å²) in [7, 11) is 0. The number of hydrogen-bond acceptors (Lipinski definition) is 1. The fourth-order valence-corrected chi connectivity index (χ4v) is 0.647. The Hall–Kier alpha value is -0.690. The molecule has 1 aromatic rings. The molecule has 0 aliphatic carbocycles. The molecule has 0 aliphatic heterocycles. The van der Waals surface area contributed by atoms with Crippen LogP contribution in [0.1, 0.15) is 0 Å². The van der Waals surface area contributed by atoms with E-state index in [0.29, 0.717) is 10.8 Å². The summed E-state index contributed by atoms with van der Waals surface area (Å²) in [4.78, 5) is 0. The Bertz CT molecular complexity index is 202. The number of rotatable bonds is 1. The van der Waals surface area contributed by atoms with Crippen molar-refractivity contribution in [3.05, 3.63) is 29.3 Å². The van der Waals surface area contributed by atoms with Gasteiger partial charge in [0.25, 0.3) is 1.43 Å². The molecule has 0 radical (unpaired) electrons. The van der Waals surface area contributed by atoms with E-state index in [4.69, 9.17) is 13.0 Å². The molecule has 2 heteroatoms. The summed E-state index contributed by atoms with van der Waals surface area (Å²) in [6.07, 6.45) is 0. The second-order valence-corrected chi connectivity index (χ2v) is 1.89. The molecule has 1 nitrogen and oxygen atoms in total. The van der Waals surface area contributed by atoms with Crippen LogP contribution in [-0.2, 0) is 0 Å². The largest absolute Gasteiger partial charge is 0.508 e. The van der Waals surface area contributed by atoms with E-state index in [9.17, 15) is 0 Å². The molecule has 0 spiro atoms. The van der Waals surface area contributed by atoms with Gasteiger partial charge in [0.1, 0.15) is 5.75 Å². The molecule has 0 unspecified atom stereocenters. The van der Waals surface area contributed by atoms with Crippen LogP contribution in [0.2, 0.25) is 5.02 Å². The van der Waals surface area contributed by atoms with Crippen LogP contribution in [0.5, 0.6) is 5.75 Å². The lowest BCUT2D eigenvalue weighted by Gasteiger charge is -1.88. The zero-order chi connectivity index (χ0) is 6.69. The van der Waals surface area contributed by atoms with E-state index in [0.717, 1.165) is 0 Å². The number of phenolic OH excluding ortho intramolecular Hbond substituents is 1. The molecule has 0 heterocycles. The van der Waals surface area contributed by atoms with Gasteiger partial charge in [-0.3, -0.25) is 0 Å². The molecule has 0 atom stereocenters. The molecule has 0 fully saturated rings. The average molecular weight is 130 g/mol. The third kappa shape index (κ3) is 1.14. The second kappa shape index (κ2) is 2.05. The van der Waals surface area contributed by atoms with Crippen molar-refractivity contribution in [2.75, 3.05) is 0 Å². The van der Waals surface area contributed by atoms with E-state index < -0.39 is 0 Å². The quantitative estimate of drug-likeness (QED) is 0.615. The first kappa shape index (κ1) is 4.21. The molecular weight excluding hydrogens is 124 g/mol. The van der Waals surface area contributed by atoms with Gasteiger partial charge in [-0.05, 0) is 18.2 Å². The molecule has 1 N–H and O–H groups in total. The maximum atomic E-state index is 6.48. The van der Waals surface area contributed by atoms with E-state index in [1.165, 1.54) is 0 Å². The lowest BCUT2D eigenvalue weighted by atomic mass is 10.3. The van der Waals surface area contributed by atoms with Crippen molar-refractivity contribution in [2.24, 2.45) is 0 Å². The standard InChI is InChI=1S/C6H5ClO/c7-5-2-1-3-6(8)4-5/h1-4,8H/i/hD. The SMILES string of the molecule is [2H]Oc1cccc(Cl)c1. The van der Waals surface area contributed by atoms with Crippen LogP contribution in [0.15, 0.2) is 24.3 Å². The Morgan fingerprint density at radius 1 is 1.62 bits per heavy atom. The van der Waals surface area contributed by atoms with Crippen molar-refractivity contribution in [1.82, 2.24) is 0 Å². The summed E-state index contributed by atoms with van der Waals surface area (Å²) < 4.78 is 6.48. The third-order valence-electron chi connectivity index (χ3n) is 0.796. The summed E-state index contributed by atoms with van der Waals surface area (Å²) in [5, 5.41) is 4.74. The first-order chi connectivity index (χ1) is 4.33. The van der Waals surface area contributed by atoms with Gasteiger partial charge in [0.2, 0.25) is 0 Å². The van der Waals surface area contributed by atoms with Gasteiger partial charge in [0, 0.05) is 5.02 Å². The van der Waals surface area contributed by atoms with E-state index in [1.54, 1.807) is 24.3 Å².